The molecule has 3 heterocycles. The fourth-order valence-electron chi connectivity index (χ4n) is 4.66. The van der Waals surface area contributed by atoms with Gasteiger partial charge >= 0.3 is 0 Å². The van der Waals surface area contributed by atoms with Crippen LogP contribution in [0.2, 0.25) is 0 Å². The molecule has 0 spiro atoms. The Morgan fingerprint density at radius 2 is 1.83 bits per heavy atom. The van der Waals surface area contributed by atoms with Gasteiger partial charge in [-0.25, -0.2) is 0 Å². The summed E-state index contributed by atoms with van der Waals surface area (Å²) in [4.78, 5) is 31.7. The monoisotopic (exact) mass is 479 g/mol. The standard InChI is InChI=1S/C27H37N5O3/c1-20(2)27(34)32(18-23-6-4-17-35-23)19-26(33)31-14-5-13-30(15-16-31)25-12-11-24(28-29-25)22-9-7-21(3)8-10-22/h7-12,20,23H,4-6,13-19H2,1-3H3/t23-/m1/s1. The van der Waals surface area contributed by atoms with Gasteiger partial charge in [-0.05, 0) is 38.3 Å². The predicted molar refractivity (Wildman–Crippen MR) is 136 cm³/mol. The molecule has 2 aliphatic rings. The third-order valence-electron chi connectivity index (χ3n) is 6.75. The first-order chi connectivity index (χ1) is 16.9. The van der Waals surface area contributed by atoms with Crippen molar-refractivity contribution in [1.82, 2.24) is 20.0 Å². The van der Waals surface area contributed by atoms with Crippen molar-refractivity contribution in [2.75, 3.05) is 50.8 Å². The smallest absolute Gasteiger partial charge is 0.242 e. The van der Waals surface area contributed by atoms with Crippen molar-refractivity contribution in [3.05, 3.63) is 42.0 Å². The van der Waals surface area contributed by atoms with Crippen molar-refractivity contribution in [2.45, 2.75) is 46.1 Å². The maximum atomic E-state index is 13.2. The van der Waals surface area contributed by atoms with Gasteiger partial charge in [0.25, 0.3) is 0 Å². The minimum Gasteiger partial charge on any atom is -0.376 e. The summed E-state index contributed by atoms with van der Waals surface area (Å²) in [6, 6.07) is 12.3. The van der Waals surface area contributed by atoms with Crippen LogP contribution in [0.4, 0.5) is 5.82 Å². The van der Waals surface area contributed by atoms with E-state index in [1.54, 1.807) is 4.90 Å². The Bertz CT molecular complexity index is 987. The molecule has 8 nitrogen and oxygen atoms in total. The van der Waals surface area contributed by atoms with E-state index in [0.717, 1.165) is 49.5 Å². The second-order valence-electron chi connectivity index (χ2n) is 9.87. The van der Waals surface area contributed by atoms with Crippen molar-refractivity contribution in [2.24, 2.45) is 5.92 Å². The third kappa shape index (κ3) is 6.57. The zero-order valence-corrected chi connectivity index (χ0v) is 21.2. The molecule has 35 heavy (non-hydrogen) atoms. The number of aromatic nitrogens is 2. The molecule has 8 heteroatoms. The highest BCUT2D eigenvalue weighted by atomic mass is 16.5. The zero-order valence-electron chi connectivity index (χ0n) is 21.2. The van der Waals surface area contributed by atoms with Gasteiger partial charge in [-0.3, -0.25) is 9.59 Å². The third-order valence-corrected chi connectivity index (χ3v) is 6.75. The molecule has 2 saturated heterocycles. The molecule has 1 aromatic heterocycles. The molecule has 188 valence electrons. The minimum absolute atomic E-state index is 0.000324. The Balaban J connectivity index is 1.35. The molecule has 4 rings (SSSR count). The van der Waals surface area contributed by atoms with Crippen molar-refractivity contribution in [3.8, 4) is 11.3 Å². The van der Waals surface area contributed by atoms with Gasteiger partial charge in [0.2, 0.25) is 11.8 Å². The van der Waals surface area contributed by atoms with Gasteiger partial charge in [0, 0.05) is 50.8 Å². The van der Waals surface area contributed by atoms with E-state index in [1.807, 2.05) is 30.9 Å². The fraction of sp³-hybridized carbons (Fsp3) is 0.556. The lowest BCUT2D eigenvalue weighted by atomic mass is 10.1. The summed E-state index contributed by atoms with van der Waals surface area (Å²) in [5.41, 5.74) is 3.11. The van der Waals surface area contributed by atoms with Crippen LogP contribution >= 0.6 is 0 Å². The first-order valence-corrected chi connectivity index (χ1v) is 12.7. The summed E-state index contributed by atoms with van der Waals surface area (Å²) in [6.45, 7) is 9.94. The molecule has 0 unspecified atom stereocenters. The van der Waals surface area contributed by atoms with Crippen LogP contribution in [-0.2, 0) is 14.3 Å². The first-order valence-electron chi connectivity index (χ1n) is 12.7. The highest BCUT2D eigenvalue weighted by Crippen LogP contribution is 2.20. The molecule has 2 aromatic rings. The highest BCUT2D eigenvalue weighted by Gasteiger charge is 2.28. The first kappa shape index (κ1) is 25.1. The molecular formula is C27H37N5O3. The number of nitrogens with zero attached hydrogens (tertiary/aromatic N) is 5. The average Bonchev–Trinajstić information content (AvgIpc) is 3.25. The van der Waals surface area contributed by atoms with Crippen molar-refractivity contribution in [1.29, 1.82) is 0 Å². The molecule has 1 atom stereocenters. The van der Waals surface area contributed by atoms with E-state index in [1.165, 1.54) is 5.56 Å². The van der Waals surface area contributed by atoms with Crippen LogP contribution in [0.1, 0.15) is 38.7 Å². The van der Waals surface area contributed by atoms with Crippen LogP contribution in [0.15, 0.2) is 36.4 Å². The summed E-state index contributed by atoms with van der Waals surface area (Å²) in [5, 5.41) is 8.90. The normalized spacial score (nSPS) is 18.6. The van der Waals surface area contributed by atoms with E-state index >= 15 is 0 Å². The number of anilines is 1. The zero-order chi connectivity index (χ0) is 24.8. The molecule has 2 aliphatic heterocycles. The average molecular weight is 480 g/mol. The predicted octanol–water partition coefficient (Wildman–Crippen LogP) is 3.15. The number of benzene rings is 1. The van der Waals surface area contributed by atoms with Gasteiger partial charge in [0.05, 0.1) is 18.3 Å². The second kappa shape index (κ2) is 11.6. The SMILES string of the molecule is Cc1ccc(-c2ccc(N3CCCN(C(=O)CN(C[C@H]4CCCO4)C(=O)C(C)C)CC3)nn2)cc1. The van der Waals surface area contributed by atoms with Crippen LogP contribution < -0.4 is 4.90 Å². The van der Waals surface area contributed by atoms with Crippen molar-refractivity contribution >= 4 is 17.6 Å². The molecule has 0 radical (unpaired) electrons. The van der Waals surface area contributed by atoms with Gasteiger partial charge in [-0.2, -0.15) is 0 Å². The summed E-state index contributed by atoms with van der Waals surface area (Å²) < 4.78 is 5.73. The number of aryl methyl sites for hydroxylation is 1. The van der Waals surface area contributed by atoms with Gasteiger partial charge < -0.3 is 19.4 Å². The van der Waals surface area contributed by atoms with Gasteiger partial charge in [-0.15, -0.1) is 10.2 Å². The van der Waals surface area contributed by atoms with Crippen LogP contribution in [0.5, 0.6) is 0 Å². The van der Waals surface area contributed by atoms with Gasteiger partial charge in [0.15, 0.2) is 5.82 Å². The number of carbonyl (C=O) groups is 2. The van der Waals surface area contributed by atoms with Crippen molar-refractivity contribution in [3.63, 3.8) is 0 Å². The van der Waals surface area contributed by atoms with E-state index in [-0.39, 0.29) is 30.4 Å². The Hall–Kier alpha value is -3.00. The molecule has 2 fully saturated rings. The Morgan fingerprint density at radius 1 is 1.03 bits per heavy atom. The minimum atomic E-state index is -0.148. The Kier molecular flexibility index (Phi) is 8.33. The lowest BCUT2D eigenvalue weighted by molar-refractivity contribution is -0.143. The van der Waals surface area contributed by atoms with Gasteiger partial charge in [-0.1, -0.05) is 43.7 Å². The summed E-state index contributed by atoms with van der Waals surface area (Å²) in [5.74, 6) is 0.685. The molecule has 1 aromatic carbocycles. The number of carbonyl (C=O) groups excluding carboxylic acids is 2. The largest absolute Gasteiger partial charge is 0.376 e. The summed E-state index contributed by atoms with van der Waals surface area (Å²) >= 11 is 0. The number of hydrogen-bond acceptors (Lipinski definition) is 6. The van der Waals surface area contributed by atoms with Crippen LogP contribution in [-0.4, -0.2) is 83.8 Å². The van der Waals surface area contributed by atoms with E-state index in [9.17, 15) is 9.59 Å². The maximum absolute atomic E-state index is 13.2. The maximum Gasteiger partial charge on any atom is 0.242 e. The van der Waals surface area contributed by atoms with Crippen LogP contribution in [0.25, 0.3) is 11.3 Å². The number of ether oxygens (including phenoxy) is 1. The molecule has 0 N–H and O–H groups in total. The van der Waals surface area contributed by atoms with Crippen LogP contribution in [0.3, 0.4) is 0 Å². The van der Waals surface area contributed by atoms with Crippen molar-refractivity contribution < 1.29 is 14.3 Å². The molecule has 0 aliphatic carbocycles. The molecule has 0 bridgehead atoms. The molecule has 0 saturated carbocycles. The van der Waals surface area contributed by atoms with E-state index < -0.39 is 0 Å². The number of hydrogen-bond donors (Lipinski definition) is 0. The second-order valence-corrected chi connectivity index (χ2v) is 9.87. The van der Waals surface area contributed by atoms with E-state index in [2.05, 4.69) is 46.3 Å². The van der Waals surface area contributed by atoms with E-state index in [4.69, 9.17) is 4.74 Å². The van der Waals surface area contributed by atoms with E-state index in [0.29, 0.717) is 26.2 Å². The highest BCUT2D eigenvalue weighted by molar-refractivity contribution is 5.85. The number of amides is 2. The topological polar surface area (TPSA) is 78.9 Å². The quantitative estimate of drug-likeness (QED) is 0.607. The summed E-state index contributed by atoms with van der Waals surface area (Å²) in [6.07, 6.45) is 2.83. The lowest BCUT2D eigenvalue weighted by Crippen LogP contribution is -2.47. The summed E-state index contributed by atoms with van der Waals surface area (Å²) in [7, 11) is 0. The Labute approximate surface area is 208 Å². The fourth-order valence-corrected chi connectivity index (χ4v) is 4.66. The Morgan fingerprint density at radius 3 is 2.49 bits per heavy atom. The molecule has 2 amide bonds. The van der Waals surface area contributed by atoms with Gasteiger partial charge in [0.1, 0.15) is 0 Å². The number of rotatable bonds is 7. The van der Waals surface area contributed by atoms with Crippen LogP contribution in [0, 0.1) is 12.8 Å². The lowest BCUT2D eigenvalue weighted by Gasteiger charge is -2.29. The molecular weight excluding hydrogens is 442 g/mol.